The molecule has 2 heterocycles. The Morgan fingerprint density at radius 2 is 1.36 bits per heavy atom. The number of nitrogens with zero attached hydrogens (tertiary/aromatic N) is 2. The van der Waals surface area contributed by atoms with E-state index in [4.69, 9.17) is 0 Å². The molecule has 1 aliphatic rings. The molecule has 0 bridgehead atoms. The molecule has 0 amide bonds. The van der Waals surface area contributed by atoms with Gasteiger partial charge in [0.15, 0.2) is 0 Å². The van der Waals surface area contributed by atoms with Crippen molar-refractivity contribution < 1.29 is 0 Å². The Bertz CT molecular complexity index is 778. The van der Waals surface area contributed by atoms with Gasteiger partial charge in [0, 0.05) is 53.5 Å². The highest BCUT2D eigenvalue weighted by atomic mass is 35.5. The van der Waals surface area contributed by atoms with E-state index in [-0.39, 0.29) is 12.4 Å². The molecule has 0 spiro atoms. The monoisotopic (exact) mass is 357 g/mol. The number of piperazine rings is 1. The van der Waals surface area contributed by atoms with E-state index in [1.165, 1.54) is 34.8 Å². The fourth-order valence-corrected chi connectivity index (χ4v) is 4.32. The van der Waals surface area contributed by atoms with E-state index in [0.717, 1.165) is 19.6 Å². The number of halogens is 1. The number of benzene rings is 2. The van der Waals surface area contributed by atoms with Crippen LogP contribution in [-0.2, 0) is 6.54 Å². The summed E-state index contributed by atoms with van der Waals surface area (Å²) < 4.78 is 2.50. The number of rotatable bonds is 4. The third-order valence-electron chi connectivity index (χ3n) is 5.17. The average molecular weight is 358 g/mol. The minimum atomic E-state index is 0. The maximum atomic E-state index is 3.61. The molecule has 25 heavy (non-hydrogen) atoms. The van der Waals surface area contributed by atoms with Crippen LogP contribution in [-0.4, -0.2) is 41.2 Å². The normalized spacial score (nSPS) is 21.5. The molecule has 0 saturated carbocycles. The van der Waals surface area contributed by atoms with Crippen LogP contribution in [0.3, 0.4) is 0 Å². The van der Waals surface area contributed by atoms with Crippen LogP contribution in [0, 0.1) is 0 Å². The van der Waals surface area contributed by atoms with Crippen molar-refractivity contribution in [2.24, 2.45) is 0 Å². The van der Waals surface area contributed by atoms with E-state index < -0.39 is 0 Å². The second-order valence-electron chi connectivity index (χ2n) is 7.27. The number of hydrogen-bond acceptors (Lipinski definition) is 2. The summed E-state index contributed by atoms with van der Waals surface area (Å²) in [6.45, 7) is 9.16. The zero-order valence-corrected chi connectivity index (χ0v) is 15.9. The first-order valence-corrected chi connectivity index (χ1v) is 9.17. The third kappa shape index (κ3) is 3.69. The molecule has 0 aliphatic carbocycles. The maximum Gasteiger partial charge on any atom is 0.0491 e. The number of aromatic nitrogens is 1. The van der Waals surface area contributed by atoms with Crippen LogP contribution in [0.5, 0.6) is 0 Å². The highest BCUT2D eigenvalue weighted by Gasteiger charge is 2.20. The topological polar surface area (TPSA) is 20.2 Å². The second-order valence-corrected chi connectivity index (χ2v) is 7.27. The van der Waals surface area contributed by atoms with Crippen molar-refractivity contribution in [3.63, 3.8) is 0 Å². The standard InChI is InChI=1S/C21H27N3.ClH/c1-16-14-23(15-17(2)22-16)12-7-13-24-20-10-5-3-8-18(20)19-9-4-6-11-21(19)24;/h3-6,8-11,16-17,22H,7,12-15H2,1-2H3;1H. The lowest BCUT2D eigenvalue weighted by Crippen LogP contribution is -2.54. The molecule has 2 atom stereocenters. The van der Waals surface area contributed by atoms with Crippen LogP contribution in [0.25, 0.3) is 21.8 Å². The lowest BCUT2D eigenvalue weighted by atomic mass is 10.1. The Morgan fingerprint density at radius 1 is 0.840 bits per heavy atom. The summed E-state index contributed by atoms with van der Waals surface area (Å²) in [7, 11) is 0. The van der Waals surface area contributed by atoms with E-state index in [2.05, 4.69) is 77.2 Å². The predicted octanol–water partition coefficient (Wildman–Crippen LogP) is 4.29. The molecule has 2 unspecified atom stereocenters. The Morgan fingerprint density at radius 3 is 1.92 bits per heavy atom. The largest absolute Gasteiger partial charge is 0.340 e. The van der Waals surface area contributed by atoms with Crippen molar-refractivity contribution in [3.05, 3.63) is 48.5 Å². The molecular formula is C21H28ClN3. The van der Waals surface area contributed by atoms with Crippen molar-refractivity contribution in [1.82, 2.24) is 14.8 Å². The van der Waals surface area contributed by atoms with Gasteiger partial charge in [-0.15, -0.1) is 12.4 Å². The highest BCUT2D eigenvalue weighted by molar-refractivity contribution is 6.07. The Balaban J connectivity index is 0.00000182. The second kappa shape index (κ2) is 7.77. The summed E-state index contributed by atoms with van der Waals surface area (Å²) in [6.07, 6.45) is 1.20. The maximum absolute atomic E-state index is 3.61. The van der Waals surface area contributed by atoms with Gasteiger partial charge in [0.25, 0.3) is 0 Å². The van der Waals surface area contributed by atoms with Gasteiger partial charge < -0.3 is 14.8 Å². The summed E-state index contributed by atoms with van der Waals surface area (Å²) in [5.74, 6) is 0. The first-order chi connectivity index (χ1) is 11.7. The summed E-state index contributed by atoms with van der Waals surface area (Å²) in [4.78, 5) is 2.61. The molecule has 2 aromatic carbocycles. The lowest BCUT2D eigenvalue weighted by molar-refractivity contribution is 0.170. The first kappa shape index (κ1) is 18.2. The Hall–Kier alpha value is -1.55. The SMILES string of the molecule is CC1CN(CCCn2c3ccccc3c3ccccc32)CC(C)N1.Cl. The first-order valence-electron chi connectivity index (χ1n) is 9.17. The quantitative estimate of drug-likeness (QED) is 0.751. The minimum absolute atomic E-state index is 0. The van der Waals surface area contributed by atoms with Crippen LogP contribution >= 0.6 is 12.4 Å². The number of aryl methyl sites for hydroxylation is 1. The van der Waals surface area contributed by atoms with Gasteiger partial charge in [-0.1, -0.05) is 36.4 Å². The van der Waals surface area contributed by atoms with Crippen molar-refractivity contribution in [3.8, 4) is 0 Å². The predicted molar refractivity (Wildman–Crippen MR) is 110 cm³/mol. The van der Waals surface area contributed by atoms with Crippen LogP contribution in [0.15, 0.2) is 48.5 Å². The van der Waals surface area contributed by atoms with E-state index >= 15 is 0 Å². The zero-order valence-electron chi connectivity index (χ0n) is 15.1. The van der Waals surface area contributed by atoms with Crippen LogP contribution in [0.1, 0.15) is 20.3 Å². The lowest BCUT2D eigenvalue weighted by Gasteiger charge is -2.36. The van der Waals surface area contributed by atoms with Crippen molar-refractivity contribution in [2.45, 2.75) is 38.9 Å². The number of hydrogen-bond donors (Lipinski definition) is 1. The van der Waals surface area contributed by atoms with Crippen LogP contribution in [0.4, 0.5) is 0 Å². The smallest absolute Gasteiger partial charge is 0.0491 e. The van der Waals surface area contributed by atoms with E-state index in [9.17, 15) is 0 Å². The summed E-state index contributed by atoms with van der Waals surface area (Å²) in [5, 5.41) is 6.36. The third-order valence-corrected chi connectivity index (χ3v) is 5.17. The summed E-state index contributed by atoms with van der Waals surface area (Å²) in [5.41, 5.74) is 2.72. The zero-order chi connectivity index (χ0) is 16.5. The van der Waals surface area contributed by atoms with Gasteiger partial charge in [-0.2, -0.15) is 0 Å². The van der Waals surface area contributed by atoms with Crippen LogP contribution < -0.4 is 5.32 Å². The van der Waals surface area contributed by atoms with E-state index in [0.29, 0.717) is 12.1 Å². The van der Waals surface area contributed by atoms with E-state index in [1.807, 2.05) is 0 Å². The van der Waals surface area contributed by atoms with Gasteiger partial charge in [-0.05, 0) is 38.9 Å². The van der Waals surface area contributed by atoms with Gasteiger partial charge in [-0.3, -0.25) is 0 Å². The van der Waals surface area contributed by atoms with E-state index in [1.54, 1.807) is 0 Å². The molecule has 1 fully saturated rings. The van der Waals surface area contributed by atoms with Gasteiger partial charge in [0.1, 0.15) is 0 Å². The molecule has 3 nitrogen and oxygen atoms in total. The van der Waals surface area contributed by atoms with Crippen molar-refractivity contribution in [1.29, 1.82) is 0 Å². The summed E-state index contributed by atoms with van der Waals surface area (Å²) in [6, 6.07) is 18.8. The molecule has 1 aliphatic heterocycles. The molecule has 3 aromatic rings. The fraction of sp³-hybridized carbons (Fsp3) is 0.429. The van der Waals surface area contributed by atoms with Crippen LogP contribution in [0.2, 0.25) is 0 Å². The summed E-state index contributed by atoms with van der Waals surface area (Å²) >= 11 is 0. The Kier molecular flexibility index (Phi) is 5.67. The van der Waals surface area contributed by atoms with Crippen molar-refractivity contribution in [2.75, 3.05) is 19.6 Å². The molecule has 4 heteroatoms. The van der Waals surface area contributed by atoms with Gasteiger partial charge in [0.2, 0.25) is 0 Å². The molecule has 1 N–H and O–H groups in total. The molecule has 134 valence electrons. The number of para-hydroxylation sites is 2. The van der Waals surface area contributed by atoms with Gasteiger partial charge >= 0.3 is 0 Å². The fourth-order valence-electron chi connectivity index (χ4n) is 4.32. The minimum Gasteiger partial charge on any atom is -0.340 e. The Labute approximate surface area is 156 Å². The van der Waals surface area contributed by atoms with Gasteiger partial charge in [-0.25, -0.2) is 0 Å². The average Bonchev–Trinajstić information content (AvgIpc) is 2.89. The highest BCUT2D eigenvalue weighted by Crippen LogP contribution is 2.28. The molecule has 4 rings (SSSR count). The molecule has 1 aromatic heterocycles. The van der Waals surface area contributed by atoms with Crippen molar-refractivity contribution >= 4 is 34.2 Å². The molecule has 1 saturated heterocycles. The molecular weight excluding hydrogens is 330 g/mol. The number of nitrogens with one attached hydrogen (secondary N) is 1. The van der Waals surface area contributed by atoms with Gasteiger partial charge in [0.05, 0.1) is 0 Å². The molecule has 0 radical (unpaired) electrons. The number of fused-ring (bicyclic) bond motifs is 3.